The third-order valence-corrected chi connectivity index (χ3v) is 6.04. The second-order valence-corrected chi connectivity index (χ2v) is 11.5. The van der Waals surface area contributed by atoms with Crippen molar-refractivity contribution in [2.45, 2.75) is 77.8 Å². The summed E-state index contributed by atoms with van der Waals surface area (Å²) in [6.07, 6.45) is 0. The standard InChI is InChI=1S/C12H27P.HI.Pd/c1-10(2,3)13(11(4,5)6)12(7,8)9;;/h1-9H3;1H;/p-1. The molecule has 0 fully saturated rings. The third kappa shape index (κ3) is 7.69. The van der Waals surface area contributed by atoms with Crippen LogP contribution in [-0.2, 0) is 20.4 Å². The molecular formula is C12H27IPPd-. The molecule has 0 aromatic heterocycles. The van der Waals surface area contributed by atoms with E-state index in [4.69, 9.17) is 0 Å². The molecule has 0 aliphatic carbocycles. The Kier molecular flexibility index (Phi) is 9.81. The number of halogens is 1. The van der Waals surface area contributed by atoms with E-state index in [0.717, 1.165) is 0 Å². The van der Waals surface area contributed by atoms with Gasteiger partial charge < -0.3 is 24.0 Å². The van der Waals surface area contributed by atoms with E-state index >= 15 is 0 Å². The van der Waals surface area contributed by atoms with Crippen LogP contribution in [0.25, 0.3) is 0 Å². The van der Waals surface area contributed by atoms with Crippen LogP contribution in [0.15, 0.2) is 0 Å². The first kappa shape index (κ1) is 22.0. The molecule has 0 radical (unpaired) electrons. The minimum Gasteiger partial charge on any atom is -1.00 e. The minimum atomic E-state index is 0. The summed E-state index contributed by atoms with van der Waals surface area (Å²) >= 11 is 0. The average molecular weight is 436 g/mol. The number of hydrogen-bond donors (Lipinski definition) is 0. The Morgan fingerprint density at radius 3 is 0.667 bits per heavy atom. The predicted molar refractivity (Wildman–Crippen MR) is 66.2 cm³/mol. The molecule has 98 valence electrons. The van der Waals surface area contributed by atoms with Crippen LogP contribution in [-0.4, -0.2) is 15.5 Å². The molecule has 0 rings (SSSR count). The van der Waals surface area contributed by atoms with Gasteiger partial charge >= 0.3 is 0 Å². The smallest absolute Gasteiger partial charge is 0 e. The third-order valence-electron chi connectivity index (χ3n) is 2.01. The van der Waals surface area contributed by atoms with E-state index < -0.39 is 0 Å². The zero-order valence-corrected chi connectivity index (χ0v) is 16.2. The van der Waals surface area contributed by atoms with Gasteiger partial charge in [-0.15, -0.1) is 0 Å². The van der Waals surface area contributed by atoms with Crippen molar-refractivity contribution in [2.24, 2.45) is 0 Å². The maximum absolute atomic E-state index is 2.38. The van der Waals surface area contributed by atoms with Crippen LogP contribution >= 0.6 is 7.92 Å². The SMILES string of the molecule is CC(C)(C)P(C(C)(C)C)C(C)(C)C.[I-].[Pd]. The predicted octanol–water partition coefficient (Wildman–Crippen LogP) is 1.87. The second-order valence-electron chi connectivity index (χ2n) is 6.85. The van der Waals surface area contributed by atoms with E-state index in [1.54, 1.807) is 0 Å². The van der Waals surface area contributed by atoms with Crippen LogP contribution in [0.2, 0.25) is 0 Å². The summed E-state index contributed by atoms with van der Waals surface area (Å²) in [5, 5.41) is 1.35. The summed E-state index contributed by atoms with van der Waals surface area (Å²) in [7, 11) is 0.0162. The van der Waals surface area contributed by atoms with Crippen LogP contribution in [0.1, 0.15) is 62.3 Å². The molecule has 15 heavy (non-hydrogen) atoms. The molecule has 0 saturated carbocycles. The van der Waals surface area contributed by atoms with E-state index in [9.17, 15) is 0 Å². The fourth-order valence-corrected chi connectivity index (χ4v) is 9.06. The summed E-state index contributed by atoms with van der Waals surface area (Å²) < 4.78 is 0. The Morgan fingerprint density at radius 2 is 0.667 bits per heavy atom. The Hall–Kier alpha value is 1.82. The average Bonchev–Trinajstić information content (AvgIpc) is 1.44. The molecule has 0 aliphatic heterocycles. The fourth-order valence-electron chi connectivity index (χ4n) is 3.02. The molecule has 0 aromatic carbocycles. The molecule has 0 saturated heterocycles. The topological polar surface area (TPSA) is 0 Å². The summed E-state index contributed by atoms with van der Waals surface area (Å²) in [4.78, 5) is 0. The summed E-state index contributed by atoms with van der Waals surface area (Å²) in [6, 6.07) is 0. The van der Waals surface area contributed by atoms with Crippen LogP contribution in [0.3, 0.4) is 0 Å². The van der Waals surface area contributed by atoms with E-state index in [1.807, 2.05) is 0 Å². The van der Waals surface area contributed by atoms with Crippen molar-refractivity contribution in [3.05, 3.63) is 0 Å². The summed E-state index contributed by atoms with van der Waals surface area (Å²) in [5.74, 6) is 0. The fraction of sp³-hybridized carbons (Fsp3) is 1.00. The van der Waals surface area contributed by atoms with Crippen molar-refractivity contribution >= 4 is 7.92 Å². The molecule has 3 heteroatoms. The molecule has 0 bridgehead atoms. The van der Waals surface area contributed by atoms with Crippen LogP contribution in [0.4, 0.5) is 0 Å². The normalized spacial score (nSPS) is 13.2. The molecular weight excluding hydrogens is 408 g/mol. The van der Waals surface area contributed by atoms with Gasteiger partial charge in [-0.2, -0.15) is 0 Å². The van der Waals surface area contributed by atoms with Crippen molar-refractivity contribution in [1.29, 1.82) is 0 Å². The van der Waals surface area contributed by atoms with Gasteiger partial charge in [-0.1, -0.05) is 70.2 Å². The van der Waals surface area contributed by atoms with Crippen molar-refractivity contribution < 1.29 is 44.4 Å². The first-order valence-electron chi connectivity index (χ1n) is 5.17. The van der Waals surface area contributed by atoms with Crippen LogP contribution in [0.5, 0.6) is 0 Å². The second kappa shape index (κ2) is 6.67. The molecule has 0 heterocycles. The van der Waals surface area contributed by atoms with Gasteiger partial charge in [0.25, 0.3) is 0 Å². The maximum atomic E-state index is 2.38. The van der Waals surface area contributed by atoms with E-state index in [2.05, 4.69) is 62.3 Å². The quantitative estimate of drug-likeness (QED) is 0.310. The summed E-state index contributed by atoms with van der Waals surface area (Å²) in [5.41, 5.74) is 0. The van der Waals surface area contributed by atoms with Crippen LogP contribution < -0.4 is 24.0 Å². The molecule has 0 unspecified atom stereocenters. The maximum Gasteiger partial charge on any atom is 0 e. The van der Waals surface area contributed by atoms with Gasteiger partial charge in [0.1, 0.15) is 0 Å². The van der Waals surface area contributed by atoms with Crippen molar-refractivity contribution in [3.63, 3.8) is 0 Å². The monoisotopic (exact) mass is 435 g/mol. The zero-order chi connectivity index (χ0) is 11.1. The van der Waals surface area contributed by atoms with Crippen molar-refractivity contribution in [3.8, 4) is 0 Å². The molecule has 0 nitrogen and oxygen atoms in total. The Balaban J connectivity index is -0.000000720. The molecule has 0 aromatic rings. The van der Waals surface area contributed by atoms with E-state index in [-0.39, 0.29) is 52.3 Å². The Bertz CT molecular complexity index is 138. The van der Waals surface area contributed by atoms with Gasteiger partial charge in [0.15, 0.2) is 0 Å². The number of rotatable bonds is 0. The minimum absolute atomic E-state index is 0. The molecule has 0 spiro atoms. The largest absolute Gasteiger partial charge is 1.00 e. The van der Waals surface area contributed by atoms with E-state index in [0.29, 0.717) is 15.5 Å². The Labute approximate surface area is 129 Å². The van der Waals surface area contributed by atoms with Gasteiger partial charge in [0.2, 0.25) is 0 Å². The van der Waals surface area contributed by atoms with Gasteiger partial charge in [-0.25, -0.2) is 0 Å². The Morgan fingerprint density at radius 1 is 0.533 bits per heavy atom. The first-order valence-corrected chi connectivity index (χ1v) is 6.51. The molecule has 0 atom stereocenters. The number of hydrogen-bond acceptors (Lipinski definition) is 0. The van der Waals surface area contributed by atoms with Gasteiger partial charge in [0.05, 0.1) is 0 Å². The molecule has 0 N–H and O–H groups in total. The van der Waals surface area contributed by atoms with Crippen LogP contribution in [0, 0.1) is 0 Å². The van der Waals surface area contributed by atoms with E-state index in [1.165, 1.54) is 0 Å². The molecule has 0 aliphatic rings. The van der Waals surface area contributed by atoms with Crippen molar-refractivity contribution in [1.82, 2.24) is 0 Å². The zero-order valence-electron chi connectivity index (χ0n) is 11.6. The van der Waals surface area contributed by atoms with Gasteiger partial charge in [-0.05, 0) is 15.5 Å². The van der Waals surface area contributed by atoms with Crippen molar-refractivity contribution in [2.75, 3.05) is 0 Å². The molecule has 0 amide bonds. The van der Waals surface area contributed by atoms with Gasteiger partial charge in [0, 0.05) is 20.4 Å². The summed E-state index contributed by atoms with van der Waals surface area (Å²) in [6.45, 7) is 21.5. The first-order chi connectivity index (χ1) is 5.37. The van der Waals surface area contributed by atoms with Gasteiger partial charge in [-0.3, -0.25) is 0 Å².